The molecular weight excluding hydrogens is 351 g/mol. The quantitative estimate of drug-likeness (QED) is 0.413. The van der Waals surface area contributed by atoms with E-state index in [1.54, 1.807) is 0 Å². The molecule has 0 aliphatic heterocycles. The molecule has 0 aromatic heterocycles. The molecule has 0 saturated carbocycles. The summed E-state index contributed by atoms with van der Waals surface area (Å²) < 4.78 is 41.7. The van der Waals surface area contributed by atoms with Crippen molar-refractivity contribution in [1.82, 2.24) is 0 Å². The van der Waals surface area contributed by atoms with Gasteiger partial charge in [-0.2, -0.15) is 8.42 Å². The van der Waals surface area contributed by atoms with E-state index in [0.717, 1.165) is 7.11 Å². The molecule has 0 atom stereocenters. The van der Waals surface area contributed by atoms with E-state index in [9.17, 15) is 22.6 Å². The van der Waals surface area contributed by atoms with E-state index < -0.39 is 27.0 Å². The average molecular weight is 364 g/mol. The molecule has 1 N–H and O–H groups in total. The molecule has 0 aliphatic rings. The molecule has 0 saturated heterocycles. The summed E-state index contributed by atoms with van der Waals surface area (Å²) in [5, 5.41) is 0.446. The minimum Gasteiger partial charge on any atom is -1.00 e. The van der Waals surface area contributed by atoms with Crippen molar-refractivity contribution in [3.8, 4) is 0 Å². The second-order valence-corrected chi connectivity index (χ2v) is 5.69. The normalized spacial score (nSPS) is 10.7. The molecule has 0 unspecified atom stereocenters. The molecule has 0 fully saturated rings. The molecule has 2 aromatic carbocycles. The number of rotatable bonds is 3. The van der Waals surface area contributed by atoms with E-state index in [4.69, 9.17) is 0 Å². The van der Waals surface area contributed by atoms with Crippen molar-refractivity contribution in [2.24, 2.45) is 0 Å². The summed E-state index contributed by atoms with van der Waals surface area (Å²) >= 11 is 0. The van der Waals surface area contributed by atoms with E-state index in [0.29, 0.717) is 5.39 Å². The zero-order valence-corrected chi connectivity index (χ0v) is 16.6. The Morgan fingerprint density at radius 3 is 2.17 bits per heavy atom. The second kappa shape index (κ2) is 7.84. The molecule has 0 heterocycles. The summed E-state index contributed by atoms with van der Waals surface area (Å²) in [5.41, 5.74) is -0.0783. The molecule has 2 rings (SSSR count). The van der Waals surface area contributed by atoms with E-state index in [1.165, 1.54) is 37.4 Å². The topological polar surface area (TPSA) is 107 Å². The van der Waals surface area contributed by atoms with Gasteiger partial charge in [0.2, 0.25) is 0 Å². The Morgan fingerprint density at radius 2 is 1.65 bits per heavy atom. The monoisotopic (exact) mass is 364 g/mol. The molecule has 23 heavy (non-hydrogen) atoms. The number of hydrogen-bond donors (Lipinski definition) is 1. The fourth-order valence-corrected chi connectivity index (χ4v) is 2.99. The SMILES string of the molecule is COC(=O)c1ccc2c(S(=O)(=O)O)c(C(=O)OC)ccc2c1.[H-].[K+]. The Labute approximate surface area is 176 Å². The van der Waals surface area contributed by atoms with Gasteiger partial charge >= 0.3 is 63.3 Å². The minimum atomic E-state index is -4.67. The van der Waals surface area contributed by atoms with Crippen LogP contribution in [0.4, 0.5) is 0 Å². The predicted molar refractivity (Wildman–Crippen MR) is 77.6 cm³/mol. The predicted octanol–water partition coefficient (Wildman–Crippen LogP) is -1.22. The molecule has 118 valence electrons. The van der Waals surface area contributed by atoms with Crippen molar-refractivity contribution >= 4 is 32.8 Å². The van der Waals surface area contributed by atoms with Gasteiger partial charge in [0.25, 0.3) is 10.1 Å². The van der Waals surface area contributed by atoms with Gasteiger partial charge in [-0.3, -0.25) is 4.55 Å². The molecule has 0 spiro atoms. The first-order valence-corrected chi connectivity index (χ1v) is 7.44. The number of hydrogen-bond acceptors (Lipinski definition) is 6. The molecule has 0 amide bonds. The van der Waals surface area contributed by atoms with E-state index >= 15 is 0 Å². The number of ether oxygens (including phenoxy) is 2. The van der Waals surface area contributed by atoms with Crippen LogP contribution in [0.1, 0.15) is 22.1 Å². The Balaban J connectivity index is 0.00000264. The third kappa shape index (κ3) is 4.18. The second-order valence-electron chi connectivity index (χ2n) is 4.34. The van der Waals surface area contributed by atoms with Crippen LogP contribution in [-0.4, -0.2) is 39.1 Å². The van der Waals surface area contributed by atoms with Crippen LogP contribution in [0, 0.1) is 0 Å². The van der Waals surface area contributed by atoms with Crippen molar-refractivity contribution in [1.29, 1.82) is 0 Å². The zero-order chi connectivity index (χ0) is 16.5. The zero-order valence-electron chi connectivity index (χ0n) is 13.7. The van der Waals surface area contributed by atoms with Crippen LogP contribution in [0.3, 0.4) is 0 Å². The molecule has 0 radical (unpaired) electrons. The van der Waals surface area contributed by atoms with Gasteiger partial charge in [0.15, 0.2) is 0 Å². The number of fused-ring (bicyclic) bond motifs is 1. The molecular formula is C14H13KO7S. The van der Waals surface area contributed by atoms with Crippen LogP contribution < -0.4 is 51.4 Å². The number of esters is 2. The number of methoxy groups -OCH3 is 2. The third-order valence-corrected chi connectivity index (χ3v) is 4.01. The minimum absolute atomic E-state index is 0. The third-order valence-electron chi connectivity index (χ3n) is 3.05. The fraction of sp³-hybridized carbons (Fsp3) is 0.143. The van der Waals surface area contributed by atoms with Gasteiger partial charge in [-0.1, -0.05) is 12.1 Å². The number of benzene rings is 2. The maximum absolute atomic E-state index is 11.7. The van der Waals surface area contributed by atoms with Crippen LogP contribution in [0.5, 0.6) is 0 Å². The van der Waals surface area contributed by atoms with Crippen molar-refractivity contribution in [2.75, 3.05) is 14.2 Å². The first-order valence-electron chi connectivity index (χ1n) is 6.00. The summed E-state index contributed by atoms with van der Waals surface area (Å²) in [5.74, 6) is -1.49. The number of carbonyl (C=O) groups excluding carboxylic acids is 2. The fourth-order valence-electron chi connectivity index (χ4n) is 2.09. The Hall–Kier alpha value is -0.814. The van der Waals surface area contributed by atoms with Crippen LogP contribution in [0.25, 0.3) is 10.8 Å². The van der Waals surface area contributed by atoms with E-state index in [2.05, 4.69) is 9.47 Å². The standard InChI is InChI=1S/C14H12O7S.K.H/c1-20-13(15)9-4-5-10-8(7-9)3-6-11(14(16)21-2)12(10)22(17,18)19;;/h3-7H,1-2H3,(H,17,18,19);;/q;+1;-1. The van der Waals surface area contributed by atoms with Crippen LogP contribution in [0.2, 0.25) is 0 Å². The molecule has 7 nitrogen and oxygen atoms in total. The van der Waals surface area contributed by atoms with E-state index in [-0.39, 0.29) is 69.3 Å². The molecule has 9 heteroatoms. The summed E-state index contributed by atoms with van der Waals surface area (Å²) in [4.78, 5) is 22.6. The number of carbonyl (C=O) groups is 2. The van der Waals surface area contributed by atoms with Gasteiger partial charge in [-0.15, -0.1) is 0 Å². The van der Waals surface area contributed by atoms with Crippen LogP contribution in [-0.2, 0) is 19.6 Å². The first-order chi connectivity index (χ1) is 10.3. The van der Waals surface area contributed by atoms with Crippen molar-refractivity contribution < 1.29 is 84.8 Å². The van der Waals surface area contributed by atoms with Crippen molar-refractivity contribution in [3.05, 3.63) is 41.5 Å². The summed E-state index contributed by atoms with van der Waals surface area (Å²) in [6, 6.07) is 6.71. The van der Waals surface area contributed by atoms with Crippen LogP contribution >= 0.6 is 0 Å². The first kappa shape index (κ1) is 20.2. The Kier molecular flexibility index (Phi) is 6.90. The van der Waals surface area contributed by atoms with Gasteiger partial charge < -0.3 is 10.9 Å². The van der Waals surface area contributed by atoms with Gasteiger partial charge in [0.05, 0.1) is 25.3 Å². The van der Waals surface area contributed by atoms with Gasteiger partial charge in [0.1, 0.15) is 4.90 Å². The maximum Gasteiger partial charge on any atom is 1.00 e. The largest absolute Gasteiger partial charge is 1.00 e. The van der Waals surface area contributed by atoms with E-state index in [1.807, 2.05) is 0 Å². The van der Waals surface area contributed by atoms with Gasteiger partial charge in [-0.25, -0.2) is 9.59 Å². The Bertz CT molecular complexity index is 880. The average Bonchev–Trinajstić information content (AvgIpc) is 2.50. The van der Waals surface area contributed by atoms with Crippen molar-refractivity contribution in [2.45, 2.75) is 4.90 Å². The Morgan fingerprint density at radius 1 is 1.04 bits per heavy atom. The molecule has 2 aromatic rings. The summed E-state index contributed by atoms with van der Waals surface area (Å²) in [7, 11) is -2.35. The van der Waals surface area contributed by atoms with Gasteiger partial charge in [0, 0.05) is 5.39 Å². The molecule has 0 aliphatic carbocycles. The van der Waals surface area contributed by atoms with Crippen molar-refractivity contribution in [3.63, 3.8) is 0 Å². The maximum atomic E-state index is 11.7. The molecule has 0 bridgehead atoms. The van der Waals surface area contributed by atoms with Gasteiger partial charge in [-0.05, 0) is 23.6 Å². The summed E-state index contributed by atoms with van der Waals surface area (Å²) in [6.45, 7) is 0. The van der Waals surface area contributed by atoms with Crippen LogP contribution in [0.15, 0.2) is 35.2 Å². The summed E-state index contributed by atoms with van der Waals surface area (Å²) in [6.07, 6.45) is 0. The smallest absolute Gasteiger partial charge is 1.00 e.